The van der Waals surface area contributed by atoms with E-state index in [0.29, 0.717) is 6.42 Å². The predicted octanol–water partition coefficient (Wildman–Crippen LogP) is 4.41. The topological polar surface area (TPSA) is 64.7 Å². The maximum atomic E-state index is 12.7. The van der Waals surface area contributed by atoms with Crippen LogP contribution in [-0.2, 0) is 4.79 Å². The first-order chi connectivity index (χ1) is 14.6. The zero-order chi connectivity index (χ0) is 21.1. The molecule has 1 N–H and O–H groups in total. The van der Waals surface area contributed by atoms with Crippen molar-refractivity contribution >= 4 is 5.91 Å². The number of hydrogen-bond acceptors (Lipinski definition) is 3. The van der Waals surface area contributed by atoms with Crippen LogP contribution >= 0.6 is 0 Å². The Morgan fingerprint density at radius 1 is 1.13 bits per heavy atom. The third-order valence-electron chi connectivity index (χ3n) is 5.27. The van der Waals surface area contributed by atoms with Crippen LogP contribution in [0.15, 0.2) is 73.3 Å². The summed E-state index contributed by atoms with van der Waals surface area (Å²) in [4.78, 5) is 17.4. The van der Waals surface area contributed by atoms with Gasteiger partial charge in [-0.05, 0) is 31.5 Å². The SMILES string of the molecule is CCC(C(=O)NC)n1cnc(-c2ccccc2)c1-c1cc(C)ccc1-n1cccn1. The number of nitrogens with one attached hydrogen (secondary N) is 1. The zero-order valence-electron chi connectivity index (χ0n) is 17.4. The summed E-state index contributed by atoms with van der Waals surface area (Å²) in [6, 6.07) is 17.9. The van der Waals surface area contributed by atoms with Gasteiger partial charge in [-0.2, -0.15) is 5.10 Å². The van der Waals surface area contributed by atoms with E-state index in [1.807, 2.05) is 58.8 Å². The summed E-state index contributed by atoms with van der Waals surface area (Å²) in [6.45, 7) is 4.08. The lowest BCUT2D eigenvalue weighted by Gasteiger charge is -2.21. The average molecular weight is 399 g/mol. The molecule has 2 aromatic heterocycles. The van der Waals surface area contributed by atoms with E-state index in [2.05, 4.69) is 35.5 Å². The molecular formula is C24H25N5O. The molecule has 2 heterocycles. The molecule has 0 saturated carbocycles. The second kappa shape index (κ2) is 8.37. The molecule has 2 aromatic carbocycles. The summed E-state index contributed by atoms with van der Waals surface area (Å²) >= 11 is 0. The fraction of sp³-hybridized carbons (Fsp3) is 0.208. The molecule has 4 aromatic rings. The highest BCUT2D eigenvalue weighted by atomic mass is 16.2. The molecule has 0 aliphatic heterocycles. The standard InChI is InChI=1S/C24H25N5O/c1-4-20(24(30)25-3)28-16-26-22(18-9-6-5-7-10-18)23(28)19-15-17(2)11-12-21(19)29-14-8-13-27-29/h5-16,20H,4H2,1-3H3,(H,25,30). The number of carbonyl (C=O) groups is 1. The molecule has 0 aliphatic rings. The van der Waals surface area contributed by atoms with Crippen molar-refractivity contribution in [1.82, 2.24) is 24.6 Å². The van der Waals surface area contributed by atoms with E-state index in [0.717, 1.165) is 33.8 Å². The van der Waals surface area contributed by atoms with Crippen LogP contribution in [0.5, 0.6) is 0 Å². The van der Waals surface area contributed by atoms with E-state index in [9.17, 15) is 4.79 Å². The predicted molar refractivity (Wildman–Crippen MR) is 118 cm³/mol. The summed E-state index contributed by atoms with van der Waals surface area (Å²) in [7, 11) is 1.67. The van der Waals surface area contributed by atoms with Crippen molar-refractivity contribution in [2.24, 2.45) is 0 Å². The van der Waals surface area contributed by atoms with Crippen molar-refractivity contribution in [3.63, 3.8) is 0 Å². The third-order valence-corrected chi connectivity index (χ3v) is 5.27. The Morgan fingerprint density at radius 2 is 1.93 bits per heavy atom. The van der Waals surface area contributed by atoms with Gasteiger partial charge in [0, 0.05) is 30.6 Å². The molecule has 1 unspecified atom stereocenters. The molecule has 30 heavy (non-hydrogen) atoms. The summed E-state index contributed by atoms with van der Waals surface area (Å²) < 4.78 is 3.84. The number of amides is 1. The molecule has 0 bridgehead atoms. The minimum Gasteiger partial charge on any atom is -0.357 e. The second-order valence-electron chi connectivity index (χ2n) is 7.22. The zero-order valence-corrected chi connectivity index (χ0v) is 17.4. The Balaban J connectivity index is 2.02. The molecule has 0 saturated heterocycles. The van der Waals surface area contributed by atoms with Crippen molar-refractivity contribution in [3.05, 3.63) is 78.9 Å². The van der Waals surface area contributed by atoms with Gasteiger partial charge in [0.15, 0.2) is 0 Å². The van der Waals surface area contributed by atoms with Crippen LogP contribution in [0.1, 0.15) is 24.9 Å². The summed E-state index contributed by atoms with van der Waals surface area (Å²) in [5, 5.41) is 7.23. The van der Waals surface area contributed by atoms with Gasteiger partial charge in [0.2, 0.25) is 5.91 Å². The lowest BCUT2D eigenvalue weighted by atomic mass is 10.00. The lowest BCUT2D eigenvalue weighted by molar-refractivity contribution is -0.123. The van der Waals surface area contributed by atoms with Crippen molar-refractivity contribution in [2.75, 3.05) is 7.05 Å². The first-order valence-corrected chi connectivity index (χ1v) is 10.1. The highest BCUT2D eigenvalue weighted by molar-refractivity contribution is 5.86. The number of carbonyl (C=O) groups excluding carboxylic acids is 1. The Hall–Kier alpha value is -3.67. The molecule has 0 spiro atoms. The first kappa shape index (κ1) is 19.6. The van der Waals surface area contributed by atoms with Crippen molar-refractivity contribution < 1.29 is 4.79 Å². The number of imidazole rings is 1. The summed E-state index contributed by atoms with van der Waals surface area (Å²) in [5.74, 6) is -0.0379. The van der Waals surface area contributed by atoms with Gasteiger partial charge in [-0.15, -0.1) is 0 Å². The van der Waals surface area contributed by atoms with Gasteiger partial charge in [0.25, 0.3) is 0 Å². The highest BCUT2D eigenvalue weighted by Gasteiger charge is 2.26. The number of likely N-dealkylation sites (N-methyl/N-ethyl adjacent to an activating group) is 1. The fourth-order valence-corrected chi connectivity index (χ4v) is 3.80. The molecule has 0 radical (unpaired) electrons. The number of rotatable bonds is 6. The van der Waals surface area contributed by atoms with Crippen molar-refractivity contribution in [3.8, 4) is 28.2 Å². The van der Waals surface area contributed by atoms with Crippen molar-refractivity contribution in [1.29, 1.82) is 0 Å². The Bertz CT molecular complexity index is 1150. The molecule has 6 nitrogen and oxygen atoms in total. The van der Waals surface area contributed by atoms with Crippen LogP contribution in [0.2, 0.25) is 0 Å². The Kier molecular flexibility index (Phi) is 5.48. The van der Waals surface area contributed by atoms with Gasteiger partial charge >= 0.3 is 0 Å². The Morgan fingerprint density at radius 3 is 2.60 bits per heavy atom. The fourth-order valence-electron chi connectivity index (χ4n) is 3.80. The molecule has 0 aliphatic carbocycles. The van der Waals surface area contributed by atoms with E-state index in [1.165, 1.54) is 0 Å². The molecule has 1 amide bonds. The van der Waals surface area contributed by atoms with E-state index >= 15 is 0 Å². The van der Waals surface area contributed by atoms with Crippen LogP contribution in [0, 0.1) is 6.92 Å². The normalized spacial score (nSPS) is 12.0. The average Bonchev–Trinajstić information content (AvgIpc) is 3.45. The molecule has 0 fully saturated rings. The lowest BCUT2D eigenvalue weighted by Crippen LogP contribution is -2.29. The smallest absolute Gasteiger partial charge is 0.242 e. The number of hydrogen-bond donors (Lipinski definition) is 1. The van der Waals surface area contributed by atoms with Gasteiger partial charge in [-0.1, -0.05) is 48.9 Å². The Labute approximate surface area is 176 Å². The van der Waals surface area contributed by atoms with Gasteiger partial charge in [0.1, 0.15) is 6.04 Å². The molecule has 4 rings (SSSR count). The maximum absolute atomic E-state index is 12.7. The first-order valence-electron chi connectivity index (χ1n) is 10.1. The summed E-state index contributed by atoms with van der Waals surface area (Å²) in [6.07, 6.45) is 6.11. The minimum atomic E-state index is -0.360. The van der Waals surface area contributed by atoms with Gasteiger partial charge in [-0.25, -0.2) is 9.67 Å². The quantitative estimate of drug-likeness (QED) is 0.522. The van der Waals surface area contributed by atoms with E-state index < -0.39 is 0 Å². The van der Waals surface area contributed by atoms with Crippen LogP contribution in [0.25, 0.3) is 28.2 Å². The van der Waals surface area contributed by atoms with Crippen LogP contribution in [-0.4, -0.2) is 32.3 Å². The molecule has 152 valence electrons. The van der Waals surface area contributed by atoms with Crippen molar-refractivity contribution in [2.45, 2.75) is 26.3 Å². The van der Waals surface area contributed by atoms with E-state index in [1.54, 1.807) is 19.6 Å². The summed E-state index contributed by atoms with van der Waals surface area (Å²) in [5.41, 5.74) is 5.81. The minimum absolute atomic E-state index is 0.0379. The molecular weight excluding hydrogens is 374 g/mol. The molecule has 1 atom stereocenters. The van der Waals surface area contributed by atoms with E-state index in [-0.39, 0.29) is 11.9 Å². The second-order valence-corrected chi connectivity index (χ2v) is 7.22. The highest BCUT2D eigenvalue weighted by Crippen LogP contribution is 2.37. The van der Waals surface area contributed by atoms with Gasteiger partial charge in [-0.3, -0.25) is 4.79 Å². The van der Waals surface area contributed by atoms with Gasteiger partial charge in [0.05, 0.1) is 23.4 Å². The van der Waals surface area contributed by atoms with Crippen LogP contribution in [0.3, 0.4) is 0 Å². The number of benzene rings is 2. The largest absolute Gasteiger partial charge is 0.357 e. The van der Waals surface area contributed by atoms with E-state index in [4.69, 9.17) is 4.98 Å². The number of aromatic nitrogens is 4. The number of aryl methyl sites for hydroxylation is 1. The van der Waals surface area contributed by atoms with Crippen LogP contribution < -0.4 is 5.32 Å². The van der Waals surface area contributed by atoms with Gasteiger partial charge < -0.3 is 9.88 Å². The maximum Gasteiger partial charge on any atom is 0.242 e. The monoisotopic (exact) mass is 399 g/mol. The van der Waals surface area contributed by atoms with Crippen LogP contribution in [0.4, 0.5) is 0 Å². The third kappa shape index (κ3) is 3.52. The molecule has 6 heteroatoms. The number of nitrogens with zero attached hydrogens (tertiary/aromatic N) is 4.